The van der Waals surface area contributed by atoms with Crippen LogP contribution >= 0.6 is 0 Å². The van der Waals surface area contributed by atoms with Crippen molar-refractivity contribution in [2.75, 3.05) is 19.8 Å². The standard InChI is InChI=1S/C19H23NO3/c1-3-12-22-17-9-7-16(8-10-17)19(21)20-11-13-23-18-6-4-5-15(2)14-18/h4-10,14H,3,11-13H2,1-2H3,(H,20,21). The summed E-state index contributed by atoms with van der Waals surface area (Å²) in [6.07, 6.45) is 0.961. The van der Waals surface area contributed by atoms with Crippen molar-refractivity contribution in [3.8, 4) is 11.5 Å². The van der Waals surface area contributed by atoms with Gasteiger partial charge in [-0.2, -0.15) is 0 Å². The highest BCUT2D eigenvalue weighted by atomic mass is 16.5. The Kier molecular flexibility index (Phi) is 6.48. The van der Waals surface area contributed by atoms with Crippen molar-refractivity contribution in [2.45, 2.75) is 20.3 Å². The van der Waals surface area contributed by atoms with Gasteiger partial charge in [-0.25, -0.2) is 0 Å². The van der Waals surface area contributed by atoms with Crippen molar-refractivity contribution in [1.82, 2.24) is 5.32 Å². The zero-order valence-electron chi connectivity index (χ0n) is 13.7. The van der Waals surface area contributed by atoms with E-state index in [2.05, 4.69) is 12.2 Å². The molecule has 2 aromatic carbocycles. The van der Waals surface area contributed by atoms with Crippen LogP contribution in [0.1, 0.15) is 29.3 Å². The van der Waals surface area contributed by atoms with E-state index in [1.165, 1.54) is 0 Å². The summed E-state index contributed by atoms with van der Waals surface area (Å²) in [5, 5.41) is 2.84. The quantitative estimate of drug-likeness (QED) is 0.758. The van der Waals surface area contributed by atoms with Crippen LogP contribution in [-0.4, -0.2) is 25.7 Å². The van der Waals surface area contributed by atoms with Crippen LogP contribution in [0.3, 0.4) is 0 Å². The molecule has 0 aliphatic heterocycles. The molecule has 4 nitrogen and oxygen atoms in total. The summed E-state index contributed by atoms with van der Waals surface area (Å²) < 4.78 is 11.1. The number of nitrogens with one attached hydrogen (secondary N) is 1. The molecule has 0 unspecified atom stereocenters. The number of ether oxygens (including phenoxy) is 2. The van der Waals surface area contributed by atoms with Gasteiger partial charge in [-0.1, -0.05) is 19.1 Å². The molecule has 0 saturated carbocycles. The Bertz CT molecular complexity index is 623. The number of benzene rings is 2. The number of hydrogen-bond acceptors (Lipinski definition) is 3. The van der Waals surface area contributed by atoms with E-state index in [4.69, 9.17) is 9.47 Å². The number of rotatable bonds is 8. The second-order valence-corrected chi connectivity index (χ2v) is 5.29. The lowest BCUT2D eigenvalue weighted by molar-refractivity contribution is 0.0947. The Morgan fingerprint density at radius 3 is 2.43 bits per heavy atom. The van der Waals surface area contributed by atoms with Crippen molar-refractivity contribution >= 4 is 5.91 Å². The highest BCUT2D eigenvalue weighted by Gasteiger charge is 2.05. The summed E-state index contributed by atoms with van der Waals surface area (Å²) in [7, 11) is 0. The number of carbonyl (C=O) groups is 1. The minimum atomic E-state index is -0.111. The molecule has 0 saturated heterocycles. The van der Waals surface area contributed by atoms with Gasteiger partial charge in [0.15, 0.2) is 0 Å². The van der Waals surface area contributed by atoms with E-state index in [0.717, 1.165) is 23.5 Å². The van der Waals surface area contributed by atoms with Gasteiger partial charge in [0.25, 0.3) is 5.91 Å². The molecule has 0 aliphatic rings. The van der Waals surface area contributed by atoms with Gasteiger partial charge in [0, 0.05) is 5.56 Å². The average Bonchev–Trinajstić information content (AvgIpc) is 2.57. The van der Waals surface area contributed by atoms with Gasteiger partial charge in [0.1, 0.15) is 18.1 Å². The van der Waals surface area contributed by atoms with Gasteiger partial charge in [-0.05, 0) is 55.3 Å². The molecular weight excluding hydrogens is 290 g/mol. The summed E-state index contributed by atoms with van der Waals surface area (Å²) in [6, 6.07) is 15.0. The number of amides is 1. The van der Waals surface area contributed by atoms with Crippen LogP contribution in [-0.2, 0) is 0 Å². The minimum Gasteiger partial charge on any atom is -0.494 e. The van der Waals surface area contributed by atoms with Crippen LogP contribution in [0.15, 0.2) is 48.5 Å². The first kappa shape index (κ1) is 16.9. The summed E-state index contributed by atoms with van der Waals surface area (Å²) in [5.41, 5.74) is 1.77. The monoisotopic (exact) mass is 313 g/mol. The highest BCUT2D eigenvalue weighted by molar-refractivity contribution is 5.94. The van der Waals surface area contributed by atoms with Gasteiger partial charge < -0.3 is 14.8 Å². The van der Waals surface area contributed by atoms with E-state index in [1.807, 2.05) is 43.3 Å². The fraction of sp³-hybridized carbons (Fsp3) is 0.316. The molecule has 2 aromatic rings. The van der Waals surface area contributed by atoms with Crippen LogP contribution in [0.2, 0.25) is 0 Å². The third-order valence-corrected chi connectivity index (χ3v) is 3.24. The van der Waals surface area contributed by atoms with Crippen LogP contribution in [0.25, 0.3) is 0 Å². The van der Waals surface area contributed by atoms with E-state index in [9.17, 15) is 4.79 Å². The predicted molar refractivity (Wildman–Crippen MR) is 91.2 cm³/mol. The molecule has 23 heavy (non-hydrogen) atoms. The average molecular weight is 313 g/mol. The fourth-order valence-corrected chi connectivity index (χ4v) is 2.06. The molecule has 0 bridgehead atoms. The molecule has 0 fully saturated rings. The number of hydrogen-bond donors (Lipinski definition) is 1. The Morgan fingerprint density at radius 1 is 1.00 bits per heavy atom. The molecule has 0 atom stereocenters. The molecule has 1 N–H and O–H groups in total. The van der Waals surface area contributed by atoms with E-state index in [-0.39, 0.29) is 5.91 Å². The van der Waals surface area contributed by atoms with E-state index in [1.54, 1.807) is 12.1 Å². The van der Waals surface area contributed by atoms with Gasteiger partial charge >= 0.3 is 0 Å². The lowest BCUT2D eigenvalue weighted by Gasteiger charge is -2.09. The summed E-state index contributed by atoms with van der Waals surface area (Å²) in [4.78, 5) is 12.0. The maximum atomic E-state index is 12.0. The van der Waals surface area contributed by atoms with E-state index in [0.29, 0.717) is 25.3 Å². The van der Waals surface area contributed by atoms with Crippen LogP contribution < -0.4 is 14.8 Å². The molecular formula is C19H23NO3. The molecule has 0 heterocycles. The smallest absolute Gasteiger partial charge is 0.251 e. The Morgan fingerprint density at radius 2 is 1.74 bits per heavy atom. The topological polar surface area (TPSA) is 47.6 Å². The largest absolute Gasteiger partial charge is 0.494 e. The Balaban J connectivity index is 1.74. The summed E-state index contributed by atoms with van der Waals surface area (Å²) in [5.74, 6) is 1.49. The Hall–Kier alpha value is -2.49. The van der Waals surface area contributed by atoms with Crippen molar-refractivity contribution in [1.29, 1.82) is 0 Å². The fourth-order valence-electron chi connectivity index (χ4n) is 2.06. The third-order valence-electron chi connectivity index (χ3n) is 3.24. The number of carbonyl (C=O) groups excluding carboxylic acids is 1. The zero-order valence-corrected chi connectivity index (χ0v) is 13.7. The molecule has 0 radical (unpaired) electrons. The van der Waals surface area contributed by atoms with Gasteiger partial charge in [-0.3, -0.25) is 4.79 Å². The van der Waals surface area contributed by atoms with Crippen molar-refractivity contribution < 1.29 is 14.3 Å². The van der Waals surface area contributed by atoms with Gasteiger partial charge in [-0.15, -0.1) is 0 Å². The molecule has 0 aliphatic carbocycles. The molecule has 1 amide bonds. The first-order chi connectivity index (χ1) is 11.2. The van der Waals surface area contributed by atoms with Crippen LogP contribution in [0.5, 0.6) is 11.5 Å². The molecule has 2 rings (SSSR count). The number of aryl methyl sites for hydroxylation is 1. The molecule has 0 aromatic heterocycles. The van der Waals surface area contributed by atoms with Crippen LogP contribution in [0, 0.1) is 6.92 Å². The lowest BCUT2D eigenvalue weighted by atomic mass is 10.2. The lowest BCUT2D eigenvalue weighted by Crippen LogP contribution is -2.28. The molecule has 4 heteroatoms. The normalized spacial score (nSPS) is 10.2. The second kappa shape index (κ2) is 8.83. The second-order valence-electron chi connectivity index (χ2n) is 5.29. The third kappa shape index (κ3) is 5.66. The molecule has 122 valence electrons. The van der Waals surface area contributed by atoms with Gasteiger partial charge in [0.2, 0.25) is 0 Å². The predicted octanol–water partition coefficient (Wildman–Crippen LogP) is 3.59. The minimum absolute atomic E-state index is 0.111. The van der Waals surface area contributed by atoms with Gasteiger partial charge in [0.05, 0.1) is 13.2 Å². The van der Waals surface area contributed by atoms with Crippen LogP contribution in [0.4, 0.5) is 0 Å². The highest BCUT2D eigenvalue weighted by Crippen LogP contribution is 2.13. The van der Waals surface area contributed by atoms with E-state index >= 15 is 0 Å². The van der Waals surface area contributed by atoms with E-state index < -0.39 is 0 Å². The maximum absolute atomic E-state index is 12.0. The summed E-state index contributed by atoms with van der Waals surface area (Å²) in [6.45, 7) is 5.65. The zero-order chi connectivity index (χ0) is 16.5. The molecule has 0 spiro atoms. The van der Waals surface area contributed by atoms with Crippen molar-refractivity contribution in [2.24, 2.45) is 0 Å². The van der Waals surface area contributed by atoms with Crippen molar-refractivity contribution in [3.63, 3.8) is 0 Å². The SMILES string of the molecule is CCCOc1ccc(C(=O)NCCOc2cccc(C)c2)cc1. The summed E-state index contributed by atoms with van der Waals surface area (Å²) >= 11 is 0. The first-order valence-electron chi connectivity index (χ1n) is 7.89. The maximum Gasteiger partial charge on any atom is 0.251 e. The Labute approximate surface area is 137 Å². The van der Waals surface area contributed by atoms with Crippen molar-refractivity contribution in [3.05, 3.63) is 59.7 Å². The first-order valence-corrected chi connectivity index (χ1v) is 7.89.